The topological polar surface area (TPSA) is 50.1 Å². The molecule has 4 nitrogen and oxygen atoms in total. The summed E-state index contributed by atoms with van der Waals surface area (Å²) in [5.41, 5.74) is 0.937. The van der Waals surface area contributed by atoms with Crippen molar-refractivity contribution in [3.05, 3.63) is 11.8 Å². The van der Waals surface area contributed by atoms with E-state index in [1.807, 2.05) is 30.4 Å². The summed E-state index contributed by atoms with van der Waals surface area (Å²) >= 11 is 1.84. The molecule has 0 spiro atoms. The number of aryl methyl sites for hydroxylation is 2. The number of aliphatic hydroxyl groups excluding tert-OH is 1. The molecular formula is C15H29N3OS. The molecule has 0 aromatic carbocycles. The van der Waals surface area contributed by atoms with Gasteiger partial charge in [-0.2, -0.15) is 5.10 Å². The predicted octanol–water partition coefficient (Wildman–Crippen LogP) is 2.74. The molecule has 116 valence electrons. The lowest BCUT2D eigenvalue weighted by Crippen LogP contribution is -2.51. The average Bonchev–Trinajstić information content (AvgIpc) is 2.71. The van der Waals surface area contributed by atoms with E-state index in [1.165, 1.54) is 5.03 Å². The van der Waals surface area contributed by atoms with Crippen LogP contribution in [0.5, 0.6) is 0 Å². The summed E-state index contributed by atoms with van der Waals surface area (Å²) in [7, 11) is 1.99. The molecule has 1 atom stereocenters. The van der Waals surface area contributed by atoms with Gasteiger partial charge in [0.25, 0.3) is 0 Å². The van der Waals surface area contributed by atoms with Gasteiger partial charge in [-0.05, 0) is 38.0 Å². The summed E-state index contributed by atoms with van der Waals surface area (Å²) in [6.45, 7) is 8.63. The van der Waals surface area contributed by atoms with E-state index >= 15 is 0 Å². The second-order valence-corrected chi connectivity index (χ2v) is 6.91. The minimum atomic E-state index is -0.128. The molecule has 1 aromatic heterocycles. The normalized spacial score (nSPS) is 14.8. The van der Waals surface area contributed by atoms with Gasteiger partial charge in [0.2, 0.25) is 0 Å². The maximum absolute atomic E-state index is 9.71. The molecule has 5 heteroatoms. The van der Waals surface area contributed by atoms with E-state index in [9.17, 15) is 5.11 Å². The highest BCUT2D eigenvalue weighted by atomic mass is 32.2. The summed E-state index contributed by atoms with van der Waals surface area (Å²) in [4.78, 5) is 0. The van der Waals surface area contributed by atoms with Crippen LogP contribution in [-0.4, -0.2) is 38.8 Å². The molecule has 20 heavy (non-hydrogen) atoms. The molecule has 0 amide bonds. The number of hydrogen-bond donors (Lipinski definition) is 2. The van der Waals surface area contributed by atoms with Crippen molar-refractivity contribution in [3.8, 4) is 0 Å². The van der Waals surface area contributed by atoms with Gasteiger partial charge >= 0.3 is 0 Å². The summed E-state index contributed by atoms with van der Waals surface area (Å²) in [5, 5.41) is 18.8. The second kappa shape index (κ2) is 8.05. The van der Waals surface area contributed by atoms with Crippen LogP contribution in [0.2, 0.25) is 0 Å². The van der Waals surface area contributed by atoms with Crippen molar-refractivity contribution < 1.29 is 5.11 Å². The van der Waals surface area contributed by atoms with Gasteiger partial charge in [0.1, 0.15) is 0 Å². The Balaban J connectivity index is 2.43. The van der Waals surface area contributed by atoms with Gasteiger partial charge in [0.15, 0.2) is 0 Å². The van der Waals surface area contributed by atoms with Gasteiger partial charge in [-0.1, -0.05) is 20.8 Å². The third-order valence-electron chi connectivity index (χ3n) is 3.58. The zero-order valence-electron chi connectivity index (χ0n) is 13.4. The fourth-order valence-corrected chi connectivity index (χ4v) is 3.49. The highest BCUT2D eigenvalue weighted by Crippen LogP contribution is 2.23. The highest BCUT2D eigenvalue weighted by molar-refractivity contribution is 7.99. The molecule has 1 rings (SSSR count). The number of aromatic nitrogens is 2. The van der Waals surface area contributed by atoms with Crippen molar-refractivity contribution in [2.45, 2.75) is 63.6 Å². The van der Waals surface area contributed by atoms with Crippen molar-refractivity contribution in [2.24, 2.45) is 7.05 Å². The molecule has 0 aliphatic rings. The standard InChI is InChI=1S/C15H29N3OS/c1-6-15(11-19,16-12(2)3)8-7-9-20-14-10-13(4)17-18(14)5/h10,12,16,19H,6-9,11H2,1-5H3. The van der Waals surface area contributed by atoms with Crippen LogP contribution in [0.25, 0.3) is 0 Å². The molecular weight excluding hydrogens is 270 g/mol. The van der Waals surface area contributed by atoms with E-state index in [-0.39, 0.29) is 12.1 Å². The van der Waals surface area contributed by atoms with Crippen molar-refractivity contribution >= 4 is 11.8 Å². The minimum Gasteiger partial charge on any atom is -0.394 e. The second-order valence-electron chi connectivity index (χ2n) is 5.79. The molecule has 2 N–H and O–H groups in total. The highest BCUT2D eigenvalue weighted by Gasteiger charge is 2.27. The summed E-state index contributed by atoms with van der Waals surface area (Å²) in [5.74, 6) is 1.06. The zero-order valence-corrected chi connectivity index (χ0v) is 14.3. The maximum atomic E-state index is 9.71. The van der Waals surface area contributed by atoms with Crippen LogP contribution in [0.15, 0.2) is 11.1 Å². The van der Waals surface area contributed by atoms with Crippen LogP contribution in [0.3, 0.4) is 0 Å². The van der Waals surface area contributed by atoms with Gasteiger partial charge in [-0.3, -0.25) is 4.68 Å². The largest absolute Gasteiger partial charge is 0.394 e. The van der Waals surface area contributed by atoms with Gasteiger partial charge < -0.3 is 10.4 Å². The first kappa shape index (κ1) is 17.5. The first-order valence-corrected chi connectivity index (χ1v) is 8.43. The van der Waals surface area contributed by atoms with E-state index in [0.29, 0.717) is 6.04 Å². The van der Waals surface area contributed by atoms with Gasteiger partial charge in [-0.25, -0.2) is 0 Å². The maximum Gasteiger partial charge on any atom is 0.0939 e. The molecule has 0 saturated carbocycles. The Morgan fingerprint density at radius 3 is 2.65 bits per heavy atom. The number of thioether (sulfide) groups is 1. The molecule has 0 bridgehead atoms. The summed E-state index contributed by atoms with van der Waals surface area (Å²) < 4.78 is 1.94. The fourth-order valence-electron chi connectivity index (χ4n) is 2.51. The van der Waals surface area contributed by atoms with Gasteiger partial charge in [-0.15, -0.1) is 11.8 Å². The zero-order chi connectivity index (χ0) is 15.2. The SMILES string of the molecule is CCC(CO)(CCCSc1cc(C)nn1C)NC(C)C. The Kier molecular flexibility index (Phi) is 7.06. The van der Waals surface area contributed by atoms with E-state index in [0.717, 1.165) is 30.7 Å². The molecule has 1 aromatic rings. The lowest BCUT2D eigenvalue weighted by atomic mass is 9.91. The Hall–Kier alpha value is -0.520. The number of aliphatic hydroxyl groups is 1. The van der Waals surface area contributed by atoms with Crippen LogP contribution in [0.4, 0.5) is 0 Å². The first-order valence-electron chi connectivity index (χ1n) is 7.44. The quantitative estimate of drug-likeness (QED) is 0.544. The van der Waals surface area contributed by atoms with E-state index in [2.05, 4.69) is 37.3 Å². The van der Waals surface area contributed by atoms with Gasteiger partial charge in [0, 0.05) is 18.6 Å². The van der Waals surface area contributed by atoms with Crippen molar-refractivity contribution in [1.29, 1.82) is 0 Å². The molecule has 0 aliphatic heterocycles. The molecule has 1 unspecified atom stereocenters. The molecule has 1 heterocycles. The number of nitrogens with zero attached hydrogens (tertiary/aromatic N) is 2. The fraction of sp³-hybridized carbons (Fsp3) is 0.800. The summed E-state index contributed by atoms with van der Waals surface area (Å²) in [6, 6.07) is 2.52. The van der Waals surface area contributed by atoms with E-state index in [1.54, 1.807) is 0 Å². The lowest BCUT2D eigenvalue weighted by Gasteiger charge is -2.34. The number of nitrogens with one attached hydrogen (secondary N) is 1. The Morgan fingerprint density at radius 1 is 1.50 bits per heavy atom. The van der Waals surface area contributed by atoms with Crippen LogP contribution >= 0.6 is 11.8 Å². The first-order chi connectivity index (χ1) is 9.42. The minimum absolute atomic E-state index is 0.128. The Bertz CT molecular complexity index is 400. The molecule has 0 fully saturated rings. The average molecular weight is 299 g/mol. The van der Waals surface area contributed by atoms with Crippen LogP contribution < -0.4 is 5.32 Å². The predicted molar refractivity (Wildman–Crippen MR) is 86.3 cm³/mol. The smallest absolute Gasteiger partial charge is 0.0939 e. The number of hydrogen-bond acceptors (Lipinski definition) is 4. The third kappa shape index (κ3) is 5.11. The third-order valence-corrected chi connectivity index (χ3v) is 4.75. The van der Waals surface area contributed by atoms with Crippen LogP contribution in [0, 0.1) is 6.92 Å². The van der Waals surface area contributed by atoms with Crippen LogP contribution in [0.1, 0.15) is 45.7 Å². The van der Waals surface area contributed by atoms with Crippen molar-refractivity contribution in [3.63, 3.8) is 0 Å². The van der Waals surface area contributed by atoms with Gasteiger partial charge in [0.05, 0.1) is 17.3 Å². The lowest BCUT2D eigenvalue weighted by molar-refractivity contribution is 0.137. The van der Waals surface area contributed by atoms with Crippen molar-refractivity contribution in [2.75, 3.05) is 12.4 Å². The van der Waals surface area contributed by atoms with E-state index < -0.39 is 0 Å². The summed E-state index contributed by atoms with van der Waals surface area (Å²) in [6.07, 6.45) is 3.04. The van der Waals surface area contributed by atoms with E-state index in [4.69, 9.17) is 0 Å². The molecule has 0 saturated heterocycles. The van der Waals surface area contributed by atoms with Crippen LogP contribution in [-0.2, 0) is 7.05 Å². The Labute approximate surface area is 127 Å². The monoisotopic (exact) mass is 299 g/mol. The van der Waals surface area contributed by atoms with Crippen molar-refractivity contribution in [1.82, 2.24) is 15.1 Å². The number of rotatable bonds is 9. The molecule has 0 radical (unpaired) electrons. The Morgan fingerprint density at radius 2 is 2.20 bits per heavy atom. The molecule has 0 aliphatic carbocycles.